The van der Waals surface area contributed by atoms with Crippen LogP contribution in [0, 0.1) is 30.1 Å². The van der Waals surface area contributed by atoms with Crippen LogP contribution in [0.4, 0.5) is 4.79 Å². The molecule has 0 saturated heterocycles. The molecule has 3 amide bonds. The number of alkyl carbamates (subject to hydrolysis) is 1. The number of nitrogens with one attached hydrogen (secondary N) is 2. The summed E-state index contributed by atoms with van der Waals surface area (Å²) < 4.78 is 18.9. The van der Waals surface area contributed by atoms with Crippen molar-refractivity contribution >= 4 is 35.3 Å². The van der Waals surface area contributed by atoms with Crippen LogP contribution in [0.1, 0.15) is 116 Å². The van der Waals surface area contributed by atoms with E-state index in [1.54, 1.807) is 32.0 Å². The van der Waals surface area contributed by atoms with Crippen molar-refractivity contribution in [1.82, 2.24) is 35.3 Å². The zero-order valence-corrected chi connectivity index (χ0v) is 51.2. The number of carbonyl (C=O) groups excluding carboxylic acids is 6. The van der Waals surface area contributed by atoms with E-state index in [-0.39, 0.29) is 74.4 Å². The van der Waals surface area contributed by atoms with E-state index in [4.69, 9.17) is 19.2 Å². The first-order valence-corrected chi connectivity index (χ1v) is 29.5. The molecule has 450 valence electrons. The van der Waals surface area contributed by atoms with E-state index in [2.05, 4.69) is 48.5 Å². The predicted molar refractivity (Wildman–Crippen MR) is 331 cm³/mol. The molecule has 4 bridgehead atoms. The van der Waals surface area contributed by atoms with Gasteiger partial charge in [-0.2, -0.15) is 5.26 Å². The van der Waals surface area contributed by atoms with Crippen LogP contribution in [0.5, 0.6) is 11.5 Å². The van der Waals surface area contributed by atoms with E-state index in [9.17, 15) is 24.4 Å². The molecule has 8 rings (SSSR count). The number of ether oxygens (including phenoxy) is 3. The highest BCUT2D eigenvalue weighted by Crippen LogP contribution is 2.45. The number of likely N-dealkylation sites (N-methyl/N-ethyl adjacent to an activating group) is 3. The minimum atomic E-state index is -1.33. The smallest absolute Gasteiger partial charge is 0.407 e. The molecular formula is C69H80N8O9. The van der Waals surface area contributed by atoms with E-state index in [1.165, 1.54) is 18.1 Å². The number of amides is 3. The summed E-state index contributed by atoms with van der Waals surface area (Å²) >= 11 is 0. The summed E-state index contributed by atoms with van der Waals surface area (Å²) in [5.74, 6) is -3.28. The zero-order valence-electron chi connectivity index (χ0n) is 51.2. The lowest BCUT2D eigenvalue weighted by Crippen LogP contribution is -2.46. The summed E-state index contributed by atoms with van der Waals surface area (Å²) in [6, 6.07) is 34.5. The quantitative estimate of drug-likeness (QED) is 0.0606. The van der Waals surface area contributed by atoms with Gasteiger partial charge in [-0.25, -0.2) is 14.8 Å². The van der Waals surface area contributed by atoms with Gasteiger partial charge in [0.1, 0.15) is 37.4 Å². The molecule has 1 aromatic heterocycles. The number of carbonyl (C=O) groups is 6. The Balaban J connectivity index is 1.15. The topological polar surface area (TPSA) is 213 Å². The number of nitriles is 1. The van der Waals surface area contributed by atoms with Crippen molar-refractivity contribution in [2.75, 3.05) is 74.7 Å². The summed E-state index contributed by atoms with van der Waals surface area (Å²) in [4.78, 5) is 102. The van der Waals surface area contributed by atoms with Gasteiger partial charge in [-0.3, -0.25) is 24.0 Å². The molecule has 0 spiro atoms. The third-order valence-corrected chi connectivity index (χ3v) is 16.0. The van der Waals surface area contributed by atoms with Gasteiger partial charge in [0.2, 0.25) is 11.8 Å². The molecule has 5 aromatic carbocycles. The van der Waals surface area contributed by atoms with E-state index >= 15 is 9.59 Å². The summed E-state index contributed by atoms with van der Waals surface area (Å²) in [5.41, 5.74) is 8.95. The monoisotopic (exact) mass is 1160 g/mol. The van der Waals surface area contributed by atoms with Gasteiger partial charge in [0.15, 0.2) is 23.2 Å². The maximum absolute atomic E-state index is 15.6. The molecule has 2 heterocycles. The standard InChI is InChI=1S/C69H80N8O9/c1-43-36-61(80)64(47-24-28-63(85-35-33-76(8)9)55(39-47)54-37-45(21-27-62(54)84-34-32-75(6)7)38-58(74-66(43)81)59(78)20-15-30-70)77(10)67(82)48(40-60(79)56-41-72-65(73-44(56)2)46-22-25-49(26-23-46)69(3,4)5)29-31-71-68(83)86-42-57-52-18-13-11-16-50(52)51-17-12-14-19-53(51)57/h11-14,16-19,21-28,37,39,41,43,48,57-58,64H,15,20,29,31-36,38,40,42H2,1-10H3,(H,71,83)(H,74,81)/t43-,48-,58+,64+/m1/s1. The Bertz CT molecular complexity index is 3450. The third kappa shape index (κ3) is 15.6. The lowest BCUT2D eigenvalue weighted by molar-refractivity contribution is -0.142. The van der Waals surface area contributed by atoms with Gasteiger partial charge in [-0.05, 0) is 117 Å². The molecule has 1 aliphatic heterocycles. The molecule has 0 saturated carbocycles. The second kappa shape index (κ2) is 28.5. The number of aryl methyl sites for hydroxylation is 1. The predicted octanol–water partition coefficient (Wildman–Crippen LogP) is 10.1. The number of nitrogens with zero attached hydrogens (tertiary/aromatic N) is 6. The molecule has 17 heteroatoms. The molecule has 1 aliphatic carbocycles. The summed E-state index contributed by atoms with van der Waals surface area (Å²) in [6.07, 6.45) is -0.000130. The number of Topliss-reactive ketones (excluding diaryl/α,β-unsaturated/α-hetero) is 3. The number of benzene rings is 5. The molecule has 17 nitrogen and oxygen atoms in total. The highest BCUT2D eigenvalue weighted by atomic mass is 16.5. The van der Waals surface area contributed by atoms with Gasteiger partial charge >= 0.3 is 6.09 Å². The number of hydrogen-bond acceptors (Lipinski definition) is 14. The van der Waals surface area contributed by atoms with Crippen LogP contribution in [0.3, 0.4) is 0 Å². The SMILES string of the molecule is Cc1nc(-c2ccc(C(C)(C)C)cc2)ncc1C(=O)C[C@@H](CCNC(=O)OCC1c2ccccc2-c2ccccc21)C(=O)N(C)[C@@H]1C(=O)C[C@@H](C)C(=O)N[C@H](C(=O)CCC#N)Cc2ccc(OCCN(C)C)c(c2)-c2cc1ccc2OCCN(C)C. The number of ketones is 3. The van der Waals surface area contributed by atoms with Crippen LogP contribution in [-0.2, 0) is 35.8 Å². The van der Waals surface area contributed by atoms with Crippen molar-refractivity contribution in [2.45, 2.75) is 96.6 Å². The van der Waals surface area contributed by atoms with Crippen LogP contribution in [0.2, 0.25) is 0 Å². The Morgan fingerprint density at radius 2 is 1.41 bits per heavy atom. The van der Waals surface area contributed by atoms with Crippen molar-refractivity contribution < 1.29 is 43.0 Å². The fourth-order valence-corrected chi connectivity index (χ4v) is 11.1. The minimum absolute atomic E-state index is 0.0392. The Hall–Kier alpha value is -8.59. The van der Waals surface area contributed by atoms with Gasteiger partial charge in [0.05, 0.1) is 23.4 Å². The first-order valence-electron chi connectivity index (χ1n) is 29.5. The molecular weight excluding hydrogens is 1080 g/mol. The average molecular weight is 1170 g/mol. The Kier molecular flexibility index (Phi) is 21.0. The molecule has 0 unspecified atom stereocenters. The van der Waals surface area contributed by atoms with Crippen molar-refractivity contribution in [3.63, 3.8) is 0 Å². The molecule has 2 aliphatic rings. The normalized spacial score (nSPS) is 16.2. The van der Waals surface area contributed by atoms with Crippen molar-refractivity contribution in [3.8, 4) is 51.2 Å². The van der Waals surface area contributed by atoms with Crippen molar-refractivity contribution in [2.24, 2.45) is 11.8 Å². The van der Waals surface area contributed by atoms with Crippen LogP contribution in [0.15, 0.2) is 115 Å². The van der Waals surface area contributed by atoms with Crippen molar-refractivity contribution in [3.05, 3.63) is 154 Å². The first kappa shape index (κ1) is 63.4. The Morgan fingerprint density at radius 3 is 2.01 bits per heavy atom. The third-order valence-electron chi connectivity index (χ3n) is 16.0. The minimum Gasteiger partial charge on any atom is -0.492 e. The zero-order chi connectivity index (χ0) is 61.8. The van der Waals surface area contributed by atoms with Gasteiger partial charge < -0.3 is 39.5 Å². The largest absolute Gasteiger partial charge is 0.492 e. The summed E-state index contributed by atoms with van der Waals surface area (Å²) in [6.45, 7) is 11.5. The van der Waals surface area contributed by atoms with E-state index in [1.807, 2.05) is 123 Å². The number of aromatic nitrogens is 2. The molecule has 6 aromatic rings. The molecule has 0 fully saturated rings. The second-order valence-corrected chi connectivity index (χ2v) is 24.1. The van der Waals surface area contributed by atoms with E-state index < -0.39 is 53.4 Å². The molecule has 86 heavy (non-hydrogen) atoms. The fraction of sp³-hybridized carbons (Fsp3) is 0.406. The van der Waals surface area contributed by atoms with Crippen LogP contribution < -0.4 is 20.1 Å². The maximum atomic E-state index is 15.6. The Morgan fingerprint density at radius 1 is 0.791 bits per heavy atom. The maximum Gasteiger partial charge on any atom is 0.407 e. The summed E-state index contributed by atoms with van der Waals surface area (Å²) in [7, 11) is 9.25. The van der Waals surface area contributed by atoms with Crippen molar-refractivity contribution in [1.29, 1.82) is 5.26 Å². The lowest BCUT2D eigenvalue weighted by atomic mass is 9.86. The average Bonchev–Trinajstić information content (AvgIpc) is 1.80. The number of hydrogen-bond donors (Lipinski definition) is 2. The Labute approximate surface area is 505 Å². The van der Waals surface area contributed by atoms with Gasteiger partial charge in [-0.1, -0.05) is 113 Å². The summed E-state index contributed by atoms with van der Waals surface area (Å²) in [5, 5.41) is 15.2. The molecule has 2 N–H and O–H groups in total. The highest BCUT2D eigenvalue weighted by molar-refractivity contribution is 6.00. The first-order chi connectivity index (χ1) is 41.1. The molecule has 4 atom stereocenters. The highest BCUT2D eigenvalue weighted by Gasteiger charge is 2.37. The van der Waals surface area contributed by atoms with Gasteiger partial charge in [-0.15, -0.1) is 0 Å². The van der Waals surface area contributed by atoms with Gasteiger partial charge in [0.25, 0.3) is 0 Å². The number of fused-ring (bicyclic) bond motifs is 8. The van der Waals surface area contributed by atoms with Crippen LogP contribution in [-0.4, -0.2) is 141 Å². The van der Waals surface area contributed by atoms with E-state index in [0.29, 0.717) is 71.6 Å². The van der Waals surface area contributed by atoms with E-state index in [0.717, 1.165) is 33.4 Å². The van der Waals surface area contributed by atoms with Crippen LogP contribution in [0.25, 0.3) is 33.6 Å². The fourth-order valence-electron chi connectivity index (χ4n) is 11.1. The van der Waals surface area contributed by atoms with Crippen LogP contribution >= 0.6 is 0 Å². The lowest BCUT2D eigenvalue weighted by Gasteiger charge is -2.32. The van der Waals surface area contributed by atoms with Gasteiger partial charge in [0, 0.05) is 93.0 Å². The number of rotatable bonds is 22. The second-order valence-electron chi connectivity index (χ2n) is 24.1. The molecule has 0 radical (unpaired) electrons.